The van der Waals surface area contributed by atoms with Crippen LogP contribution in [0, 0.1) is 5.82 Å². The number of methoxy groups -OCH3 is 1. The number of urea groups is 1. The second kappa shape index (κ2) is 7.05. The molecule has 7 heteroatoms. The number of halogens is 1. The summed E-state index contributed by atoms with van der Waals surface area (Å²) >= 11 is 1.47. The highest BCUT2D eigenvalue weighted by Gasteiger charge is 2.10. The van der Waals surface area contributed by atoms with E-state index in [0.717, 1.165) is 11.6 Å². The third-order valence-electron chi connectivity index (χ3n) is 2.79. The van der Waals surface area contributed by atoms with Crippen LogP contribution >= 0.6 is 11.3 Å². The average molecular weight is 310 g/mol. The van der Waals surface area contributed by atoms with Crippen molar-refractivity contribution in [2.24, 2.45) is 0 Å². The normalized spacial score (nSPS) is 11.8. The van der Waals surface area contributed by atoms with Gasteiger partial charge in [0.15, 0.2) is 11.6 Å². The number of carbonyl (C=O) groups is 1. The molecular weight excluding hydrogens is 295 g/mol. The fourth-order valence-corrected chi connectivity index (χ4v) is 2.40. The summed E-state index contributed by atoms with van der Waals surface area (Å²) in [6.45, 7) is 0.0706. The molecule has 1 heterocycles. The van der Waals surface area contributed by atoms with Crippen molar-refractivity contribution in [3.8, 4) is 5.75 Å². The third-order valence-corrected chi connectivity index (χ3v) is 3.50. The molecule has 1 atom stereocenters. The average Bonchev–Trinajstić information content (AvgIpc) is 2.99. The quantitative estimate of drug-likeness (QED) is 0.795. The van der Waals surface area contributed by atoms with E-state index in [2.05, 4.69) is 10.6 Å². The van der Waals surface area contributed by atoms with E-state index in [9.17, 15) is 14.3 Å². The minimum absolute atomic E-state index is 0.0706. The molecule has 0 spiro atoms. The van der Waals surface area contributed by atoms with Crippen molar-refractivity contribution in [1.29, 1.82) is 0 Å². The van der Waals surface area contributed by atoms with Gasteiger partial charge in [-0.3, -0.25) is 0 Å². The fourth-order valence-electron chi connectivity index (χ4n) is 1.69. The van der Waals surface area contributed by atoms with Crippen molar-refractivity contribution >= 4 is 23.1 Å². The lowest BCUT2D eigenvalue weighted by molar-refractivity contribution is 0.175. The van der Waals surface area contributed by atoms with Crippen molar-refractivity contribution in [3.05, 3.63) is 46.4 Å². The van der Waals surface area contributed by atoms with Gasteiger partial charge in [0.1, 0.15) is 0 Å². The lowest BCUT2D eigenvalue weighted by Crippen LogP contribution is -2.32. The van der Waals surface area contributed by atoms with E-state index in [1.807, 2.05) is 10.8 Å². The number of benzene rings is 1. The van der Waals surface area contributed by atoms with Gasteiger partial charge in [0, 0.05) is 18.3 Å². The molecule has 1 aromatic heterocycles. The summed E-state index contributed by atoms with van der Waals surface area (Å²) in [6.07, 6.45) is -0.769. The van der Waals surface area contributed by atoms with Gasteiger partial charge < -0.3 is 20.5 Å². The lowest BCUT2D eigenvalue weighted by atomic mass is 10.2. The van der Waals surface area contributed by atoms with E-state index in [-0.39, 0.29) is 12.3 Å². The largest absolute Gasteiger partial charge is 0.494 e. The van der Waals surface area contributed by atoms with E-state index in [0.29, 0.717) is 5.69 Å². The number of ether oxygens (including phenoxy) is 1. The van der Waals surface area contributed by atoms with Crippen LogP contribution in [0.25, 0.3) is 0 Å². The molecule has 5 nitrogen and oxygen atoms in total. The van der Waals surface area contributed by atoms with E-state index < -0.39 is 18.0 Å². The second-order valence-electron chi connectivity index (χ2n) is 4.26. The van der Waals surface area contributed by atoms with Crippen LogP contribution in [0.5, 0.6) is 5.75 Å². The first-order chi connectivity index (χ1) is 10.1. The standard InChI is InChI=1S/C14H15FN2O3S/c1-20-13-3-2-10(6-11(13)15)17-14(19)16-7-12(18)9-4-5-21-8-9/h2-6,8,12,18H,7H2,1H3,(H2,16,17,19). The monoisotopic (exact) mass is 310 g/mol. The number of thiophene rings is 1. The molecule has 0 bridgehead atoms. The van der Waals surface area contributed by atoms with Gasteiger partial charge in [0.25, 0.3) is 0 Å². The van der Waals surface area contributed by atoms with Gasteiger partial charge >= 0.3 is 6.03 Å². The Hall–Kier alpha value is -2.12. The zero-order chi connectivity index (χ0) is 15.2. The number of nitrogens with one attached hydrogen (secondary N) is 2. The van der Waals surface area contributed by atoms with Crippen molar-refractivity contribution < 1.29 is 19.0 Å². The summed E-state index contributed by atoms with van der Waals surface area (Å²) in [6, 6.07) is 5.37. The molecule has 112 valence electrons. The number of rotatable bonds is 5. The molecule has 2 aromatic rings. The Morgan fingerprint density at radius 1 is 1.48 bits per heavy atom. The first-order valence-corrected chi connectivity index (χ1v) is 7.13. The highest BCUT2D eigenvalue weighted by atomic mass is 32.1. The summed E-state index contributed by atoms with van der Waals surface area (Å²) < 4.78 is 18.3. The molecule has 0 fully saturated rings. The summed E-state index contributed by atoms with van der Waals surface area (Å²) in [5.74, 6) is -0.456. The molecule has 1 aromatic carbocycles. The number of amides is 2. The van der Waals surface area contributed by atoms with Crippen molar-refractivity contribution in [3.63, 3.8) is 0 Å². The Bertz CT molecular complexity index is 604. The predicted molar refractivity (Wildman–Crippen MR) is 79.3 cm³/mol. The Balaban J connectivity index is 1.86. The van der Waals surface area contributed by atoms with Gasteiger partial charge in [-0.05, 0) is 34.5 Å². The molecular formula is C14H15FN2O3S. The molecule has 3 N–H and O–H groups in total. The van der Waals surface area contributed by atoms with E-state index in [1.54, 1.807) is 6.07 Å². The van der Waals surface area contributed by atoms with Crippen LogP contribution in [0.3, 0.4) is 0 Å². The van der Waals surface area contributed by atoms with Gasteiger partial charge in [0.05, 0.1) is 13.2 Å². The van der Waals surface area contributed by atoms with Crippen molar-refractivity contribution in [2.75, 3.05) is 19.0 Å². The molecule has 1 unspecified atom stereocenters. The van der Waals surface area contributed by atoms with E-state index in [1.165, 1.54) is 30.6 Å². The van der Waals surface area contributed by atoms with Gasteiger partial charge in [-0.1, -0.05) is 0 Å². The summed E-state index contributed by atoms with van der Waals surface area (Å²) in [7, 11) is 1.37. The van der Waals surface area contributed by atoms with Crippen molar-refractivity contribution in [1.82, 2.24) is 5.32 Å². The molecule has 0 saturated carbocycles. The number of carbonyl (C=O) groups excluding carboxylic acids is 1. The zero-order valence-corrected chi connectivity index (χ0v) is 12.1. The van der Waals surface area contributed by atoms with Crippen LogP contribution in [-0.2, 0) is 0 Å². The Labute approximate surface area is 125 Å². The van der Waals surface area contributed by atoms with Crippen molar-refractivity contribution in [2.45, 2.75) is 6.10 Å². The first kappa shape index (κ1) is 15.3. The van der Waals surface area contributed by atoms with Crippen LogP contribution in [0.4, 0.5) is 14.9 Å². The Morgan fingerprint density at radius 3 is 2.90 bits per heavy atom. The maximum absolute atomic E-state index is 13.5. The number of aliphatic hydroxyl groups is 1. The number of anilines is 1. The maximum Gasteiger partial charge on any atom is 0.319 e. The molecule has 21 heavy (non-hydrogen) atoms. The number of hydrogen-bond acceptors (Lipinski definition) is 4. The van der Waals surface area contributed by atoms with E-state index >= 15 is 0 Å². The highest BCUT2D eigenvalue weighted by Crippen LogP contribution is 2.20. The summed E-state index contributed by atoms with van der Waals surface area (Å²) in [4.78, 5) is 11.7. The summed E-state index contributed by atoms with van der Waals surface area (Å²) in [5.41, 5.74) is 1.05. The van der Waals surface area contributed by atoms with Crippen LogP contribution in [-0.4, -0.2) is 24.8 Å². The van der Waals surface area contributed by atoms with Gasteiger partial charge in [0.2, 0.25) is 0 Å². The SMILES string of the molecule is COc1ccc(NC(=O)NCC(O)c2ccsc2)cc1F. The van der Waals surface area contributed by atoms with Gasteiger partial charge in [-0.2, -0.15) is 11.3 Å². The maximum atomic E-state index is 13.5. The molecule has 0 saturated heterocycles. The smallest absolute Gasteiger partial charge is 0.319 e. The summed E-state index contributed by atoms with van der Waals surface area (Å²) in [5, 5.41) is 18.5. The molecule has 0 aliphatic heterocycles. The van der Waals surface area contributed by atoms with Crippen LogP contribution in [0.2, 0.25) is 0 Å². The van der Waals surface area contributed by atoms with Crippen LogP contribution in [0.1, 0.15) is 11.7 Å². The predicted octanol–water partition coefficient (Wildman–Crippen LogP) is 2.75. The van der Waals surface area contributed by atoms with Gasteiger partial charge in [-0.15, -0.1) is 0 Å². The Morgan fingerprint density at radius 2 is 2.29 bits per heavy atom. The van der Waals surface area contributed by atoms with E-state index in [4.69, 9.17) is 4.74 Å². The molecule has 2 amide bonds. The highest BCUT2D eigenvalue weighted by molar-refractivity contribution is 7.07. The fraction of sp³-hybridized carbons (Fsp3) is 0.214. The zero-order valence-electron chi connectivity index (χ0n) is 11.3. The Kier molecular flexibility index (Phi) is 5.13. The van der Waals surface area contributed by atoms with Crippen LogP contribution < -0.4 is 15.4 Å². The minimum atomic E-state index is -0.769. The first-order valence-electron chi connectivity index (χ1n) is 6.18. The topological polar surface area (TPSA) is 70.6 Å². The third kappa shape index (κ3) is 4.17. The lowest BCUT2D eigenvalue weighted by Gasteiger charge is -2.12. The second-order valence-corrected chi connectivity index (χ2v) is 5.04. The molecule has 0 aliphatic carbocycles. The van der Waals surface area contributed by atoms with Gasteiger partial charge in [-0.25, -0.2) is 9.18 Å². The molecule has 0 aliphatic rings. The number of aliphatic hydroxyl groups excluding tert-OH is 1. The van der Waals surface area contributed by atoms with Crippen LogP contribution in [0.15, 0.2) is 35.0 Å². The molecule has 0 radical (unpaired) electrons. The minimum Gasteiger partial charge on any atom is -0.494 e. The number of hydrogen-bond donors (Lipinski definition) is 3. The molecule has 2 rings (SSSR count).